The predicted molar refractivity (Wildman–Crippen MR) is 151 cm³/mol. The average Bonchev–Trinajstić information content (AvgIpc) is 3.47. The molecule has 1 amide bonds. The van der Waals surface area contributed by atoms with Crippen molar-refractivity contribution in [3.63, 3.8) is 0 Å². The van der Waals surface area contributed by atoms with Gasteiger partial charge in [0.25, 0.3) is 5.91 Å². The molecule has 6 nitrogen and oxygen atoms in total. The van der Waals surface area contributed by atoms with Gasteiger partial charge >= 0.3 is 0 Å². The summed E-state index contributed by atoms with van der Waals surface area (Å²) in [7, 11) is 0. The largest absolute Gasteiger partial charge is 0.485 e. The summed E-state index contributed by atoms with van der Waals surface area (Å²) in [6.45, 7) is 0.637. The summed E-state index contributed by atoms with van der Waals surface area (Å²) in [6, 6.07) is 36.7. The molecular weight excluding hydrogens is 492 g/mol. The Bertz CT molecular complexity index is 1620. The molecule has 1 fully saturated rings. The molecule has 2 unspecified atom stereocenters. The lowest BCUT2D eigenvalue weighted by Gasteiger charge is -2.44. The third-order valence-electron chi connectivity index (χ3n) is 7.31. The lowest BCUT2D eigenvalue weighted by molar-refractivity contribution is -0.129. The smallest absolute Gasteiger partial charge is 0.252 e. The zero-order valence-corrected chi connectivity index (χ0v) is 21.5. The van der Waals surface area contributed by atoms with Crippen molar-refractivity contribution >= 4 is 34.7 Å². The fourth-order valence-electron chi connectivity index (χ4n) is 5.50. The number of rotatable bonds is 5. The fourth-order valence-corrected chi connectivity index (χ4v) is 6.86. The van der Waals surface area contributed by atoms with Crippen LogP contribution in [0.15, 0.2) is 109 Å². The average molecular weight is 519 g/mol. The molecule has 2 aliphatic rings. The molecular formula is C31H26N4O2S. The summed E-state index contributed by atoms with van der Waals surface area (Å²) >= 11 is 1.66. The molecule has 1 saturated heterocycles. The first-order chi connectivity index (χ1) is 18.7. The monoisotopic (exact) mass is 518 g/mol. The minimum absolute atomic E-state index is 0.0248. The molecule has 1 spiro atoms. The molecule has 188 valence electrons. The number of nitrogens with zero attached hydrogens (tertiary/aromatic N) is 3. The van der Waals surface area contributed by atoms with Crippen LogP contribution in [-0.4, -0.2) is 26.2 Å². The Labute approximate surface area is 225 Å². The number of anilines is 1. The number of imidazole rings is 1. The van der Waals surface area contributed by atoms with Gasteiger partial charge in [0.15, 0.2) is 0 Å². The number of aromatic nitrogens is 2. The van der Waals surface area contributed by atoms with Gasteiger partial charge in [-0.15, -0.1) is 11.8 Å². The first-order valence-electron chi connectivity index (χ1n) is 12.8. The van der Waals surface area contributed by atoms with Crippen molar-refractivity contribution in [2.45, 2.75) is 23.9 Å². The molecule has 4 aromatic carbocycles. The van der Waals surface area contributed by atoms with Crippen LogP contribution in [0.2, 0.25) is 0 Å². The van der Waals surface area contributed by atoms with Crippen LogP contribution in [0.3, 0.4) is 0 Å². The zero-order valence-electron chi connectivity index (χ0n) is 20.7. The maximum absolute atomic E-state index is 13.6. The number of thioether (sulfide) groups is 1. The summed E-state index contributed by atoms with van der Waals surface area (Å²) in [5, 5.41) is 1.80. The van der Waals surface area contributed by atoms with E-state index in [-0.39, 0.29) is 12.0 Å². The maximum Gasteiger partial charge on any atom is 0.252 e. The molecule has 0 bridgehead atoms. The van der Waals surface area contributed by atoms with Crippen LogP contribution in [0.25, 0.3) is 11.0 Å². The van der Waals surface area contributed by atoms with E-state index in [0.717, 1.165) is 33.5 Å². The Morgan fingerprint density at radius 1 is 0.895 bits per heavy atom. The Hall–Kier alpha value is -4.23. The number of hydrogen-bond donors (Lipinski definition) is 1. The van der Waals surface area contributed by atoms with Crippen LogP contribution in [0.5, 0.6) is 5.75 Å². The van der Waals surface area contributed by atoms with E-state index in [9.17, 15) is 4.79 Å². The molecule has 38 heavy (non-hydrogen) atoms. The van der Waals surface area contributed by atoms with Crippen molar-refractivity contribution < 1.29 is 9.53 Å². The van der Waals surface area contributed by atoms with E-state index in [2.05, 4.69) is 46.4 Å². The third kappa shape index (κ3) is 3.82. The first-order valence-corrected chi connectivity index (χ1v) is 13.7. The zero-order chi connectivity index (χ0) is 25.5. The number of ether oxygens (including phenoxy) is 1. The van der Waals surface area contributed by atoms with Gasteiger partial charge in [0.1, 0.15) is 16.7 Å². The van der Waals surface area contributed by atoms with Crippen LogP contribution in [0.4, 0.5) is 5.95 Å². The molecule has 7 rings (SSSR count). The topological polar surface area (TPSA) is 59.4 Å². The number of fused-ring (bicyclic) bond motifs is 3. The van der Waals surface area contributed by atoms with Crippen LogP contribution in [-0.2, 0) is 16.2 Å². The van der Waals surface area contributed by atoms with Gasteiger partial charge in [0.05, 0.1) is 23.3 Å². The van der Waals surface area contributed by atoms with Crippen molar-refractivity contribution in [2.24, 2.45) is 0 Å². The van der Waals surface area contributed by atoms with Crippen molar-refractivity contribution in [1.29, 1.82) is 0 Å². The number of hydrogen-bond acceptors (Lipinski definition) is 5. The second-order valence-corrected chi connectivity index (χ2v) is 10.9. The Morgan fingerprint density at radius 3 is 2.45 bits per heavy atom. The number of hydrazine groups is 1. The Balaban J connectivity index is 1.32. The molecule has 1 N–H and O–H groups in total. The summed E-state index contributed by atoms with van der Waals surface area (Å²) in [4.78, 5) is 17.9. The highest BCUT2D eigenvalue weighted by molar-refractivity contribution is 8.01. The van der Waals surface area contributed by atoms with Gasteiger partial charge in [0.2, 0.25) is 5.95 Å². The first kappa shape index (κ1) is 22.9. The highest BCUT2D eigenvalue weighted by atomic mass is 32.2. The lowest BCUT2D eigenvalue weighted by Crippen LogP contribution is -2.49. The maximum atomic E-state index is 13.6. The Morgan fingerprint density at radius 2 is 1.61 bits per heavy atom. The highest BCUT2D eigenvalue weighted by Crippen LogP contribution is 2.56. The van der Waals surface area contributed by atoms with E-state index in [1.165, 1.54) is 0 Å². The van der Waals surface area contributed by atoms with Crippen LogP contribution >= 0.6 is 11.8 Å². The van der Waals surface area contributed by atoms with E-state index in [1.54, 1.807) is 16.8 Å². The SMILES string of the molecule is O=C1CSC2(CC(c3ccccc3)Oc3ccccc32)N1Nc1nc2ccccc2n1Cc1ccccc1. The number of nitrogens with one attached hydrogen (secondary N) is 1. The van der Waals surface area contributed by atoms with Crippen molar-refractivity contribution in [1.82, 2.24) is 14.6 Å². The minimum Gasteiger partial charge on any atom is -0.485 e. The van der Waals surface area contributed by atoms with Gasteiger partial charge in [-0.1, -0.05) is 91.0 Å². The van der Waals surface area contributed by atoms with Crippen LogP contribution in [0.1, 0.15) is 29.2 Å². The highest BCUT2D eigenvalue weighted by Gasteiger charge is 2.54. The molecule has 1 aromatic heterocycles. The Kier molecular flexibility index (Phi) is 5.59. The second-order valence-electron chi connectivity index (χ2n) is 9.63. The minimum atomic E-state index is -0.637. The lowest BCUT2D eigenvalue weighted by atomic mass is 9.91. The van der Waals surface area contributed by atoms with E-state index in [4.69, 9.17) is 9.72 Å². The number of carbonyl (C=O) groups is 1. The molecule has 2 atom stereocenters. The van der Waals surface area contributed by atoms with Gasteiger partial charge < -0.3 is 9.30 Å². The van der Waals surface area contributed by atoms with E-state index < -0.39 is 4.87 Å². The summed E-state index contributed by atoms with van der Waals surface area (Å²) < 4.78 is 8.64. The van der Waals surface area contributed by atoms with Crippen molar-refractivity contribution in [3.05, 3.63) is 126 Å². The van der Waals surface area contributed by atoms with Gasteiger partial charge in [-0.05, 0) is 29.3 Å². The standard InChI is InChI=1S/C31H26N4O2S/c36-29-21-38-31(19-28(23-13-5-2-6-14-23)37-27-18-10-7-15-24(27)31)35(29)33-30-32-25-16-8-9-17-26(25)34(30)20-22-11-3-1-4-12-22/h1-18,28H,19-21H2,(H,32,33). The quantitative estimate of drug-likeness (QED) is 0.293. The normalized spacial score (nSPS) is 20.5. The van der Waals surface area contributed by atoms with E-state index in [1.807, 2.05) is 72.8 Å². The summed E-state index contributed by atoms with van der Waals surface area (Å²) in [5.41, 5.74) is 8.66. The van der Waals surface area contributed by atoms with Crippen LogP contribution < -0.4 is 10.2 Å². The van der Waals surface area contributed by atoms with Crippen molar-refractivity contribution in [3.8, 4) is 5.75 Å². The van der Waals surface area contributed by atoms with Gasteiger partial charge in [-0.2, -0.15) is 0 Å². The number of para-hydroxylation sites is 3. The van der Waals surface area contributed by atoms with Gasteiger partial charge in [-0.25, -0.2) is 9.99 Å². The number of amides is 1. The van der Waals surface area contributed by atoms with Gasteiger partial charge in [0, 0.05) is 12.0 Å². The van der Waals surface area contributed by atoms with Gasteiger partial charge in [-0.3, -0.25) is 10.2 Å². The third-order valence-corrected chi connectivity index (χ3v) is 8.74. The van der Waals surface area contributed by atoms with Crippen molar-refractivity contribution in [2.75, 3.05) is 11.2 Å². The molecule has 0 saturated carbocycles. The molecule has 7 heteroatoms. The van der Waals surface area contributed by atoms with E-state index >= 15 is 0 Å². The second kappa shape index (κ2) is 9.26. The summed E-state index contributed by atoms with van der Waals surface area (Å²) in [5.74, 6) is 1.85. The van der Waals surface area contributed by atoms with E-state index in [0.29, 0.717) is 24.7 Å². The number of carbonyl (C=O) groups excluding carboxylic acids is 1. The predicted octanol–water partition coefficient (Wildman–Crippen LogP) is 6.36. The molecule has 2 aliphatic heterocycles. The molecule has 0 aliphatic carbocycles. The molecule has 0 radical (unpaired) electrons. The molecule has 3 heterocycles. The number of benzene rings is 4. The van der Waals surface area contributed by atoms with Crippen LogP contribution in [0, 0.1) is 0 Å². The molecule has 5 aromatic rings. The summed E-state index contributed by atoms with van der Waals surface area (Å²) in [6.07, 6.45) is 0.438. The fraction of sp³-hybridized carbons (Fsp3) is 0.161.